The van der Waals surface area contributed by atoms with E-state index in [1.807, 2.05) is 60.7 Å². The maximum Gasteiger partial charge on any atom is 0.286 e. The Balaban J connectivity index is 1.23. The van der Waals surface area contributed by atoms with E-state index in [0.717, 1.165) is 48.2 Å². The number of ether oxygens (including phenoxy) is 1. The zero-order valence-corrected chi connectivity index (χ0v) is 20.1. The Bertz CT molecular complexity index is 1220. The number of hydrogen-bond donors (Lipinski definition) is 0. The summed E-state index contributed by atoms with van der Waals surface area (Å²) in [5.74, 6) is 0.529. The van der Waals surface area contributed by atoms with Gasteiger partial charge in [-0.25, -0.2) is 0 Å². The van der Waals surface area contributed by atoms with Crippen LogP contribution in [0.3, 0.4) is 0 Å². The number of nitrogens with zero attached hydrogens (tertiary/aromatic N) is 3. The molecule has 1 amide bonds. The van der Waals surface area contributed by atoms with Gasteiger partial charge in [-0.15, -0.1) is 0 Å². The molecule has 0 aromatic heterocycles. The second-order valence-electron chi connectivity index (χ2n) is 8.07. The van der Waals surface area contributed by atoms with E-state index in [-0.39, 0.29) is 5.91 Å². The number of piperazine rings is 1. The molecular formula is C27H24ClN3O2S. The number of amidine groups is 1. The number of hydrogen-bond acceptors (Lipinski definition) is 5. The summed E-state index contributed by atoms with van der Waals surface area (Å²) < 4.78 is 6.04. The fraction of sp³-hybridized carbons (Fsp3) is 0.185. The van der Waals surface area contributed by atoms with E-state index >= 15 is 0 Å². The highest BCUT2D eigenvalue weighted by Crippen LogP contribution is 2.33. The molecular weight excluding hydrogens is 466 g/mol. The highest BCUT2D eigenvalue weighted by atomic mass is 35.5. The molecule has 0 unspecified atom stereocenters. The molecule has 3 aromatic rings. The van der Waals surface area contributed by atoms with Crippen molar-refractivity contribution in [2.24, 2.45) is 4.99 Å². The van der Waals surface area contributed by atoms with Crippen molar-refractivity contribution in [3.05, 3.63) is 99.9 Å². The molecule has 0 radical (unpaired) electrons. The van der Waals surface area contributed by atoms with Crippen molar-refractivity contribution >= 4 is 46.2 Å². The van der Waals surface area contributed by atoms with Crippen molar-refractivity contribution in [2.75, 3.05) is 31.1 Å². The number of aliphatic imine (C=N–C) groups is 1. The Hall–Kier alpha value is -3.22. The molecule has 3 aromatic carbocycles. The van der Waals surface area contributed by atoms with Crippen molar-refractivity contribution in [3.8, 4) is 5.75 Å². The fourth-order valence-electron chi connectivity index (χ4n) is 3.94. The molecule has 2 aliphatic rings. The highest BCUT2D eigenvalue weighted by Gasteiger charge is 2.28. The van der Waals surface area contributed by atoms with Crippen LogP contribution in [0, 0.1) is 0 Å². The predicted octanol–water partition coefficient (Wildman–Crippen LogP) is 5.71. The van der Waals surface area contributed by atoms with E-state index in [2.05, 4.69) is 39.1 Å². The molecule has 1 saturated heterocycles. The summed E-state index contributed by atoms with van der Waals surface area (Å²) in [7, 11) is 0. The monoisotopic (exact) mass is 489 g/mol. The number of anilines is 1. The number of rotatable bonds is 5. The molecule has 5 rings (SSSR count). The predicted molar refractivity (Wildman–Crippen MR) is 140 cm³/mol. The minimum absolute atomic E-state index is 0.196. The van der Waals surface area contributed by atoms with E-state index in [1.54, 1.807) is 0 Å². The second-order valence-corrected chi connectivity index (χ2v) is 9.52. The minimum atomic E-state index is -0.196. The van der Waals surface area contributed by atoms with Gasteiger partial charge < -0.3 is 14.5 Å². The molecule has 0 saturated carbocycles. The van der Waals surface area contributed by atoms with Crippen molar-refractivity contribution in [1.29, 1.82) is 0 Å². The van der Waals surface area contributed by atoms with Gasteiger partial charge in [-0.05, 0) is 53.7 Å². The van der Waals surface area contributed by atoms with Crippen LogP contribution in [0.15, 0.2) is 88.8 Å². The third-order valence-corrected chi connectivity index (χ3v) is 7.09. The van der Waals surface area contributed by atoms with Crippen LogP contribution in [-0.2, 0) is 11.4 Å². The third kappa shape index (κ3) is 5.29. The molecule has 0 spiro atoms. The first kappa shape index (κ1) is 22.6. The normalized spacial score (nSPS) is 17.3. The molecule has 0 bridgehead atoms. The lowest BCUT2D eigenvalue weighted by atomic mass is 10.2. The zero-order valence-electron chi connectivity index (χ0n) is 18.6. The number of halogens is 1. The number of para-hydroxylation sites is 2. The van der Waals surface area contributed by atoms with E-state index in [9.17, 15) is 4.79 Å². The number of benzene rings is 3. The summed E-state index contributed by atoms with van der Waals surface area (Å²) in [6.07, 6.45) is 1.88. The van der Waals surface area contributed by atoms with Gasteiger partial charge in [0.15, 0.2) is 5.17 Å². The molecule has 0 aliphatic carbocycles. The summed E-state index contributed by atoms with van der Waals surface area (Å²) >= 11 is 7.41. The lowest BCUT2D eigenvalue weighted by molar-refractivity contribution is -0.113. The SMILES string of the molecule is O=C1N=C(N2CCN(c3ccccc3)CC2)SC1=Cc1ccccc1OCc1ccc(Cl)cc1. The molecule has 0 atom stereocenters. The molecule has 172 valence electrons. The Labute approximate surface area is 208 Å². The Kier molecular flexibility index (Phi) is 6.88. The van der Waals surface area contributed by atoms with E-state index in [1.165, 1.54) is 17.4 Å². The lowest BCUT2D eigenvalue weighted by Gasteiger charge is -2.36. The van der Waals surface area contributed by atoms with Gasteiger partial charge in [-0.2, -0.15) is 4.99 Å². The van der Waals surface area contributed by atoms with Crippen LogP contribution >= 0.6 is 23.4 Å². The largest absolute Gasteiger partial charge is 0.488 e. The van der Waals surface area contributed by atoms with Gasteiger partial charge in [0.05, 0.1) is 4.91 Å². The van der Waals surface area contributed by atoms with Gasteiger partial charge >= 0.3 is 0 Å². The van der Waals surface area contributed by atoms with E-state index in [4.69, 9.17) is 16.3 Å². The number of carbonyl (C=O) groups is 1. The number of carbonyl (C=O) groups excluding carboxylic acids is 1. The van der Waals surface area contributed by atoms with Crippen molar-refractivity contribution in [2.45, 2.75) is 6.61 Å². The standard InChI is InChI=1S/C27H24ClN3O2S/c28-22-12-10-20(11-13-22)19-33-24-9-5-4-6-21(24)18-25-26(32)29-27(34-25)31-16-14-30(15-17-31)23-7-2-1-3-8-23/h1-13,18H,14-17,19H2. The fourth-order valence-corrected chi connectivity index (χ4v) is 5.02. The van der Waals surface area contributed by atoms with E-state index < -0.39 is 0 Å². The van der Waals surface area contributed by atoms with Crippen LogP contribution in [0.1, 0.15) is 11.1 Å². The first-order chi connectivity index (χ1) is 16.7. The van der Waals surface area contributed by atoms with E-state index in [0.29, 0.717) is 16.5 Å². The Morgan fingerprint density at radius 1 is 0.882 bits per heavy atom. The topological polar surface area (TPSA) is 45.1 Å². The van der Waals surface area contributed by atoms with Gasteiger partial charge in [0.25, 0.3) is 5.91 Å². The lowest BCUT2D eigenvalue weighted by Crippen LogP contribution is -2.47. The van der Waals surface area contributed by atoms with Crippen LogP contribution in [0.5, 0.6) is 5.75 Å². The summed E-state index contributed by atoms with van der Waals surface area (Å²) in [5.41, 5.74) is 3.12. The Morgan fingerprint density at radius 3 is 2.32 bits per heavy atom. The molecule has 1 fully saturated rings. The summed E-state index contributed by atoms with van der Waals surface area (Å²) in [5, 5.41) is 1.48. The first-order valence-corrected chi connectivity index (χ1v) is 12.4. The van der Waals surface area contributed by atoms with Crippen molar-refractivity contribution in [1.82, 2.24) is 4.90 Å². The molecule has 0 N–H and O–H groups in total. The number of amides is 1. The van der Waals surface area contributed by atoms with Gasteiger partial charge in [0, 0.05) is 42.5 Å². The second kappa shape index (κ2) is 10.4. The summed E-state index contributed by atoms with van der Waals surface area (Å²) in [4.78, 5) is 22.2. The molecule has 2 aliphatic heterocycles. The molecule has 2 heterocycles. The van der Waals surface area contributed by atoms with Crippen LogP contribution in [-0.4, -0.2) is 42.2 Å². The molecule has 7 heteroatoms. The third-order valence-electron chi connectivity index (χ3n) is 5.79. The van der Waals surface area contributed by atoms with Crippen LogP contribution < -0.4 is 9.64 Å². The summed E-state index contributed by atoms with van der Waals surface area (Å²) in [6.45, 7) is 3.90. The molecule has 34 heavy (non-hydrogen) atoms. The number of thioether (sulfide) groups is 1. The van der Waals surface area contributed by atoms with Crippen molar-refractivity contribution in [3.63, 3.8) is 0 Å². The average molecular weight is 490 g/mol. The van der Waals surface area contributed by atoms with Gasteiger partial charge in [0.1, 0.15) is 12.4 Å². The maximum atomic E-state index is 12.7. The average Bonchev–Trinajstić information content (AvgIpc) is 3.25. The smallest absolute Gasteiger partial charge is 0.286 e. The van der Waals surface area contributed by atoms with Crippen molar-refractivity contribution < 1.29 is 9.53 Å². The van der Waals surface area contributed by atoms with Gasteiger partial charge in [-0.1, -0.05) is 60.1 Å². The first-order valence-electron chi connectivity index (χ1n) is 11.2. The maximum absolute atomic E-state index is 12.7. The quantitative estimate of drug-likeness (QED) is 0.429. The zero-order chi connectivity index (χ0) is 23.3. The van der Waals surface area contributed by atoms with Crippen LogP contribution in [0.2, 0.25) is 5.02 Å². The Morgan fingerprint density at radius 2 is 1.56 bits per heavy atom. The summed E-state index contributed by atoms with van der Waals surface area (Å²) in [6, 6.07) is 25.7. The van der Waals surface area contributed by atoms with Gasteiger partial charge in [0.2, 0.25) is 0 Å². The molecule has 5 nitrogen and oxygen atoms in total. The highest BCUT2D eigenvalue weighted by molar-refractivity contribution is 8.18. The van der Waals surface area contributed by atoms with Gasteiger partial charge in [-0.3, -0.25) is 4.79 Å². The minimum Gasteiger partial charge on any atom is -0.488 e. The van der Waals surface area contributed by atoms with Crippen LogP contribution in [0.4, 0.5) is 5.69 Å². The van der Waals surface area contributed by atoms with Crippen LogP contribution in [0.25, 0.3) is 6.08 Å².